The Kier molecular flexibility index (Phi) is 9.72. The van der Waals surface area contributed by atoms with Crippen molar-refractivity contribution in [3.63, 3.8) is 0 Å². The van der Waals surface area contributed by atoms with Gasteiger partial charge in [-0.1, -0.05) is 101 Å². The number of ketones is 1. The van der Waals surface area contributed by atoms with Gasteiger partial charge in [-0.2, -0.15) is 0 Å². The Morgan fingerprint density at radius 2 is 1.86 bits per heavy atom. The maximum absolute atomic E-state index is 13.6. The van der Waals surface area contributed by atoms with Crippen molar-refractivity contribution in [3.05, 3.63) is 112 Å². The van der Waals surface area contributed by atoms with Crippen molar-refractivity contribution in [1.29, 1.82) is 0 Å². The second-order valence-corrected chi connectivity index (χ2v) is 12.2. The van der Waals surface area contributed by atoms with Crippen LogP contribution in [0.25, 0.3) is 5.76 Å². The molecule has 0 saturated carbocycles. The number of aromatic nitrogens is 2. The molecule has 43 heavy (non-hydrogen) atoms. The Morgan fingerprint density at radius 3 is 2.58 bits per heavy atom. The van der Waals surface area contributed by atoms with Gasteiger partial charge in [0.05, 0.1) is 18.2 Å². The zero-order chi connectivity index (χ0) is 30.5. The highest BCUT2D eigenvalue weighted by Crippen LogP contribution is 2.45. The van der Waals surface area contributed by atoms with E-state index in [1.54, 1.807) is 66.7 Å². The summed E-state index contributed by atoms with van der Waals surface area (Å²) in [6, 6.07) is 18.0. The molecular weight excluding hydrogens is 629 g/mol. The van der Waals surface area contributed by atoms with Crippen LogP contribution >= 0.6 is 46.3 Å². The molecule has 1 N–H and O–H groups in total. The fourth-order valence-electron chi connectivity index (χ4n) is 4.46. The molecule has 5 rings (SSSR count). The van der Waals surface area contributed by atoms with Gasteiger partial charge in [0.2, 0.25) is 5.13 Å². The van der Waals surface area contributed by atoms with E-state index in [1.807, 2.05) is 13.0 Å². The predicted octanol–water partition coefficient (Wildman–Crippen LogP) is 7.73. The molecule has 1 atom stereocenters. The number of carbonyl (C=O) groups excluding carboxylic acids is 2. The van der Waals surface area contributed by atoms with Crippen LogP contribution in [-0.4, -0.2) is 40.2 Å². The summed E-state index contributed by atoms with van der Waals surface area (Å²) < 4.78 is 12.1. The number of aliphatic hydroxyl groups is 1. The molecule has 1 aliphatic rings. The molecule has 3 aromatic carbocycles. The minimum absolute atomic E-state index is 0.0734. The van der Waals surface area contributed by atoms with Crippen molar-refractivity contribution in [3.8, 4) is 11.5 Å². The summed E-state index contributed by atoms with van der Waals surface area (Å²) in [4.78, 5) is 28.4. The van der Waals surface area contributed by atoms with Crippen LogP contribution in [0.2, 0.25) is 10.0 Å². The van der Waals surface area contributed by atoms with Crippen LogP contribution < -0.4 is 14.4 Å². The molecule has 220 valence electrons. The van der Waals surface area contributed by atoms with E-state index in [2.05, 4.69) is 16.8 Å². The summed E-state index contributed by atoms with van der Waals surface area (Å²) >= 11 is 14.9. The number of aliphatic hydroxyl groups excluding tert-OH is 1. The van der Waals surface area contributed by atoms with Gasteiger partial charge in [0.15, 0.2) is 15.8 Å². The average Bonchev–Trinajstić information content (AvgIpc) is 3.58. The maximum Gasteiger partial charge on any atom is 0.301 e. The Bertz CT molecular complexity index is 1710. The molecule has 0 aliphatic carbocycles. The van der Waals surface area contributed by atoms with Crippen molar-refractivity contribution < 1.29 is 24.2 Å². The lowest BCUT2D eigenvalue weighted by molar-refractivity contribution is -0.132. The molecule has 12 heteroatoms. The van der Waals surface area contributed by atoms with Crippen molar-refractivity contribution in [2.45, 2.75) is 23.1 Å². The molecule has 8 nitrogen and oxygen atoms in total. The van der Waals surface area contributed by atoms with Crippen LogP contribution in [0.4, 0.5) is 5.13 Å². The first-order valence-corrected chi connectivity index (χ1v) is 15.6. The average molecular weight is 655 g/mol. The van der Waals surface area contributed by atoms with E-state index < -0.39 is 17.7 Å². The Labute approximate surface area is 266 Å². The van der Waals surface area contributed by atoms with Gasteiger partial charge in [-0.05, 0) is 42.3 Å². The Hall–Kier alpha value is -3.83. The quantitative estimate of drug-likeness (QED) is 0.0438. The minimum atomic E-state index is -1.01. The molecule has 0 bridgehead atoms. The topological polar surface area (TPSA) is 102 Å². The van der Waals surface area contributed by atoms with E-state index in [9.17, 15) is 14.7 Å². The summed E-state index contributed by atoms with van der Waals surface area (Å²) in [5, 5.41) is 21.2. The third-order valence-corrected chi connectivity index (χ3v) is 9.09. The first kappa shape index (κ1) is 30.6. The van der Waals surface area contributed by atoms with E-state index in [-0.39, 0.29) is 23.1 Å². The molecule has 1 saturated heterocycles. The summed E-state index contributed by atoms with van der Waals surface area (Å²) in [6.45, 7) is 6.14. The lowest BCUT2D eigenvalue weighted by atomic mass is 9.95. The number of amides is 1. The van der Waals surface area contributed by atoms with Gasteiger partial charge in [0.1, 0.15) is 12.4 Å². The van der Waals surface area contributed by atoms with E-state index in [0.29, 0.717) is 49.4 Å². The van der Waals surface area contributed by atoms with Crippen molar-refractivity contribution in [2.75, 3.05) is 18.1 Å². The Morgan fingerprint density at radius 1 is 1.07 bits per heavy atom. The molecule has 0 radical (unpaired) electrons. The van der Waals surface area contributed by atoms with Crippen LogP contribution in [0.1, 0.15) is 29.7 Å². The van der Waals surface area contributed by atoms with Gasteiger partial charge in [0, 0.05) is 21.4 Å². The number of benzene rings is 3. The molecule has 1 aromatic heterocycles. The zero-order valence-electron chi connectivity index (χ0n) is 22.8. The third-order valence-electron chi connectivity index (χ3n) is 6.40. The Balaban J connectivity index is 1.56. The van der Waals surface area contributed by atoms with Crippen LogP contribution in [0, 0.1) is 0 Å². The SMILES string of the molecule is C=CCOc1ccc(C2C(=C(O)c3ccccc3)C(=O)C(=O)N2c2nnc(SCc3ccc(Cl)cc3Cl)s2)cc1OCC. The second kappa shape index (κ2) is 13.6. The standard InChI is InChI=1S/C31H25Cl2N3O5S2/c1-3-14-41-23-13-11-19(15-24(23)40-4-2)26-25(27(37)18-8-6-5-7-9-18)28(38)29(39)36(26)30-34-35-31(43-30)42-17-20-10-12-21(32)16-22(20)33/h3,5-13,15-16,26,37H,1,4,14,17H2,2H3. The molecule has 1 aliphatic heterocycles. The number of Topliss-reactive ketones (excluding diaryl/α,β-unsaturated/α-hetero) is 1. The highest BCUT2D eigenvalue weighted by molar-refractivity contribution is 8.00. The fraction of sp³-hybridized carbons (Fsp3) is 0.161. The number of thioether (sulfide) groups is 1. The molecule has 1 amide bonds. The number of nitrogens with zero attached hydrogens (tertiary/aromatic N) is 3. The molecule has 2 heterocycles. The first-order chi connectivity index (χ1) is 20.8. The number of rotatable bonds is 11. The van der Waals surface area contributed by atoms with E-state index in [4.69, 9.17) is 32.7 Å². The predicted molar refractivity (Wildman–Crippen MR) is 170 cm³/mol. The largest absolute Gasteiger partial charge is 0.507 e. The van der Waals surface area contributed by atoms with E-state index >= 15 is 0 Å². The molecular formula is C31H25Cl2N3O5S2. The second-order valence-electron chi connectivity index (χ2n) is 9.15. The van der Waals surface area contributed by atoms with Gasteiger partial charge in [-0.15, -0.1) is 10.2 Å². The minimum Gasteiger partial charge on any atom is -0.507 e. The van der Waals surface area contributed by atoms with Gasteiger partial charge in [-0.25, -0.2) is 0 Å². The highest BCUT2D eigenvalue weighted by Gasteiger charge is 2.48. The summed E-state index contributed by atoms with van der Waals surface area (Å²) in [5.74, 6) is -0.589. The smallest absolute Gasteiger partial charge is 0.301 e. The van der Waals surface area contributed by atoms with Gasteiger partial charge in [-0.3, -0.25) is 14.5 Å². The summed E-state index contributed by atoms with van der Waals surface area (Å²) in [5.41, 5.74) is 1.70. The van der Waals surface area contributed by atoms with Crippen LogP contribution in [0.3, 0.4) is 0 Å². The van der Waals surface area contributed by atoms with Crippen LogP contribution in [0.15, 0.2) is 89.3 Å². The first-order valence-electron chi connectivity index (χ1n) is 13.1. The molecule has 0 spiro atoms. The van der Waals surface area contributed by atoms with E-state index in [1.165, 1.54) is 16.7 Å². The summed E-state index contributed by atoms with van der Waals surface area (Å²) in [7, 11) is 0. The van der Waals surface area contributed by atoms with Gasteiger partial charge >= 0.3 is 5.91 Å². The van der Waals surface area contributed by atoms with Gasteiger partial charge < -0.3 is 14.6 Å². The van der Waals surface area contributed by atoms with Crippen LogP contribution in [-0.2, 0) is 15.3 Å². The third kappa shape index (κ3) is 6.57. The van der Waals surface area contributed by atoms with Crippen LogP contribution in [0.5, 0.6) is 11.5 Å². The molecule has 4 aromatic rings. The number of hydrogen-bond donors (Lipinski definition) is 1. The van der Waals surface area contributed by atoms with E-state index in [0.717, 1.165) is 16.9 Å². The lowest BCUT2D eigenvalue weighted by Gasteiger charge is -2.23. The number of hydrogen-bond acceptors (Lipinski definition) is 9. The number of ether oxygens (including phenoxy) is 2. The molecule has 1 unspecified atom stereocenters. The maximum atomic E-state index is 13.6. The summed E-state index contributed by atoms with van der Waals surface area (Å²) in [6.07, 6.45) is 1.62. The molecule has 1 fully saturated rings. The van der Waals surface area contributed by atoms with Crippen molar-refractivity contribution in [2.24, 2.45) is 0 Å². The van der Waals surface area contributed by atoms with Crippen molar-refractivity contribution in [1.82, 2.24) is 10.2 Å². The number of carbonyl (C=O) groups is 2. The highest BCUT2D eigenvalue weighted by atomic mass is 35.5. The van der Waals surface area contributed by atoms with Crippen molar-refractivity contribution >= 4 is 68.9 Å². The zero-order valence-corrected chi connectivity index (χ0v) is 26.0. The van der Waals surface area contributed by atoms with Gasteiger partial charge in [0.25, 0.3) is 5.78 Å². The lowest BCUT2D eigenvalue weighted by Crippen LogP contribution is -2.29. The number of anilines is 1. The normalized spacial score (nSPS) is 16.0. The number of halogens is 2. The monoisotopic (exact) mass is 653 g/mol. The fourth-order valence-corrected chi connectivity index (χ4v) is 6.89.